The summed E-state index contributed by atoms with van der Waals surface area (Å²) in [7, 11) is 0. The number of halogens is 1. The Kier molecular flexibility index (Phi) is 8.89. The number of likely N-dealkylation sites (tertiary alicyclic amines) is 1. The van der Waals surface area contributed by atoms with Gasteiger partial charge in [0.1, 0.15) is 17.3 Å². The van der Waals surface area contributed by atoms with E-state index < -0.39 is 23.6 Å². The number of benzene rings is 3. The molecular formula is C30H33FN2O5. The summed E-state index contributed by atoms with van der Waals surface area (Å²) in [6, 6.07) is 17.0. The number of piperidine rings is 1. The van der Waals surface area contributed by atoms with Crippen LogP contribution in [0.15, 0.2) is 66.7 Å². The largest absolute Gasteiger partial charge is 0.508 e. The molecule has 4 rings (SSSR count). The number of nitrogens with zero attached hydrogens (tertiary/aromatic N) is 1. The summed E-state index contributed by atoms with van der Waals surface area (Å²) in [6.45, 7) is 3.94. The van der Waals surface area contributed by atoms with Crippen molar-refractivity contribution in [3.8, 4) is 11.5 Å². The highest BCUT2D eigenvalue weighted by Gasteiger charge is 2.45. The first-order valence-corrected chi connectivity index (χ1v) is 12.7. The lowest BCUT2D eigenvalue weighted by atomic mass is 9.68. The van der Waals surface area contributed by atoms with Gasteiger partial charge < -0.3 is 20.7 Å². The van der Waals surface area contributed by atoms with Gasteiger partial charge in [0.25, 0.3) is 0 Å². The predicted molar refractivity (Wildman–Crippen MR) is 142 cm³/mol. The number of rotatable bonds is 10. The van der Waals surface area contributed by atoms with Crippen molar-refractivity contribution in [2.24, 2.45) is 17.6 Å². The Morgan fingerprint density at radius 2 is 1.47 bits per heavy atom. The number of hydrogen-bond donors (Lipinski definition) is 3. The molecule has 0 unspecified atom stereocenters. The van der Waals surface area contributed by atoms with Crippen LogP contribution in [0.3, 0.4) is 0 Å². The van der Waals surface area contributed by atoms with Crippen LogP contribution in [-0.2, 0) is 4.74 Å². The molecule has 3 atom stereocenters. The second-order valence-corrected chi connectivity index (χ2v) is 9.68. The molecule has 1 fully saturated rings. The summed E-state index contributed by atoms with van der Waals surface area (Å²) < 4.78 is 20.4. The SMILES string of the molecule is Cc1c(F)cccc1[C@H]1[C@@H](C(=O)c2cccc(O)c2)CN(CCOCCN)C[C@H]1C(=O)c1cccc(O)c1. The third-order valence-electron chi connectivity index (χ3n) is 7.19. The number of carbonyl (C=O) groups is 2. The van der Waals surface area contributed by atoms with Crippen molar-refractivity contribution in [3.05, 3.63) is 94.8 Å². The van der Waals surface area contributed by atoms with Crippen LogP contribution in [0.2, 0.25) is 0 Å². The van der Waals surface area contributed by atoms with Gasteiger partial charge in [-0.2, -0.15) is 0 Å². The molecule has 8 heteroatoms. The van der Waals surface area contributed by atoms with Gasteiger partial charge in [-0.25, -0.2) is 4.39 Å². The highest BCUT2D eigenvalue weighted by atomic mass is 19.1. The number of ketones is 2. The van der Waals surface area contributed by atoms with Crippen molar-refractivity contribution in [1.29, 1.82) is 0 Å². The molecule has 0 aliphatic carbocycles. The molecule has 3 aromatic carbocycles. The smallest absolute Gasteiger partial charge is 0.167 e. The Morgan fingerprint density at radius 1 is 0.921 bits per heavy atom. The van der Waals surface area contributed by atoms with E-state index in [4.69, 9.17) is 10.5 Å². The van der Waals surface area contributed by atoms with E-state index in [9.17, 15) is 24.2 Å². The Balaban J connectivity index is 1.81. The highest BCUT2D eigenvalue weighted by Crippen LogP contribution is 2.42. The summed E-state index contributed by atoms with van der Waals surface area (Å²) in [4.78, 5) is 30.0. The maximum atomic E-state index is 14.8. The highest BCUT2D eigenvalue weighted by molar-refractivity contribution is 6.02. The lowest BCUT2D eigenvalue weighted by molar-refractivity contribution is 0.0450. The van der Waals surface area contributed by atoms with E-state index in [2.05, 4.69) is 0 Å². The molecule has 1 heterocycles. The second-order valence-electron chi connectivity index (χ2n) is 9.68. The van der Waals surface area contributed by atoms with Gasteiger partial charge in [-0.05, 0) is 48.4 Å². The molecule has 38 heavy (non-hydrogen) atoms. The number of Topliss-reactive ketones (excluding diaryl/α,β-unsaturated/α-hetero) is 2. The van der Waals surface area contributed by atoms with E-state index >= 15 is 0 Å². The minimum atomic E-state index is -0.702. The molecule has 0 bridgehead atoms. The Bertz CT molecular complexity index is 1230. The van der Waals surface area contributed by atoms with Crippen LogP contribution in [0.5, 0.6) is 11.5 Å². The van der Waals surface area contributed by atoms with E-state index in [0.717, 1.165) is 0 Å². The average molecular weight is 521 g/mol. The van der Waals surface area contributed by atoms with Crippen LogP contribution in [0.4, 0.5) is 4.39 Å². The number of aromatic hydroxyl groups is 2. The van der Waals surface area contributed by atoms with Crippen LogP contribution in [0.1, 0.15) is 37.8 Å². The van der Waals surface area contributed by atoms with E-state index in [1.54, 1.807) is 43.3 Å². The first kappa shape index (κ1) is 27.4. The molecule has 0 aromatic heterocycles. The fourth-order valence-electron chi connectivity index (χ4n) is 5.36. The average Bonchev–Trinajstić information content (AvgIpc) is 2.91. The van der Waals surface area contributed by atoms with Gasteiger partial charge in [-0.1, -0.05) is 36.4 Å². The fraction of sp³-hybridized carbons (Fsp3) is 0.333. The number of hydrogen-bond acceptors (Lipinski definition) is 7. The molecule has 4 N–H and O–H groups in total. The monoisotopic (exact) mass is 520 g/mol. The lowest BCUT2D eigenvalue weighted by Crippen LogP contribution is -2.51. The van der Waals surface area contributed by atoms with E-state index in [-0.39, 0.29) is 23.1 Å². The fourth-order valence-corrected chi connectivity index (χ4v) is 5.36. The number of carbonyl (C=O) groups excluding carboxylic acids is 2. The molecule has 0 spiro atoms. The van der Waals surface area contributed by atoms with Gasteiger partial charge in [0.2, 0.25) is 0 Å². The Morgan fingerprint density at radius 3 is 2.00 bits per heavy atom. The first-order valence-electron chi connectivity index (χ1n) is 12.7. The van der Waals surface area contributed by atoms with Gasteiger partial charge in [0, 0.05) is 55.1 Å². The van der Waals surface area contributed by atoms with Crippen molar-refractivity contribution >= 4 is 11.6 Å². The van der Waals surface area contributed by atoms with Crippen molar-refractivity contribution in [3.63, 3.8) is 0 Å². The maximum Gasteiger partial charge on any atom is 0.167 e. The zero-order valence-electron chi connectivity index (χ0n) is 21.3. The third kappa shape index (κ3) is 6.10. The number of ether oxygens (including phenoxy) is 1. The lowest BCUT2D eigenvalue weighted by Gasteiger charge is -2.43. The van der Waals surface area contributed by atoms with Crippen LogP contribution < -0.4 is 5.73 Å². The van der Waals surface area contributed by atoms with Crippen LogP contribution in [0.25, 0.3) is 0 Å². The Hall–Kier alpha value is -3.59. The third-order valence-corrected chi connectivity index (χ3v) is 7.19. The minimum Gasteiger partial charge on any atom is -0.508 e. The summed E-state index contributed by atoms with van der Waals surface area (Å²) in [5.74, 6) is -3.00. The summed E-state index contributed by atoms with van der Waals surface area (Å²) in [6.07, 6.45) is 0. The second kappa shape index (κ2) is 12.3. The number of phenolic OH excluding ortho intramolecular Hbond substituents is 2. The zero-order valence-corrected chi connectivity index (χ0v) is 21.3. The first-order chi connectivity index (χ1) is 18.3. The molecule has 1 saturated heterocycles. The molecule has 200 valence electrons. The molecule has 0 saturated carbocycles. The molecule has 1 aliphatic rings. The molecule has 3 aromatic rings. The minimum absolute atomic E-state index is 0.0374. The van der Waals surface area contributed by atoms with Crippen molar-refractivity contribution in [2.45, 2.75) is 12.8 Å². The van der Waals surface area contributed by atoms with Crippen molar-refractivity contribution in [1.82, 2.24) is 4.90 Å². The van der Waals surface area contributed by atoms with Crippen LogP contribution in [0, 0.1) is 24.6 Å². The van der Waals surface area contributed by atoms with E-state index in [1.807, 2.05) is 4.90 Å². The summed E-state index contributed by atoms with van der Waals surface area (Å²) in [5, 5.41) is 20.1. The van der Waals surface area contributed by atoms with Crippen LogP contribution >= 0.6 is 0 Å². The van der Waals surface area contributed by atoms with Gasteiger partial charge in [-0.15, -0.1) is 0 Å². The quantitative estimate of drug-likeness (QED) is 0.274. The normalized spacial score (nSPS) is 19.8. The molecule has 7 nitrogen and oxygen atoms in total. The molecule has 1 aliphatic heterocycles. The predicted octanol–water partition coefficient (Wildman–Crippen LogP) is 3.92. The standard InChI is InChI=1S/C30H33FN2O5/c1-19-24(9-4-10-27(19)31)28-25(29(36)20-5-2-7-22(34)15-20)17-33(12-14-38-13-11-32)18-26(28)30(37)21-6-3-8-23(35)16-21/h2-10,15-16,25-26,28,34-35H,11-14,17-18,32H2,1H3/t25-,26+,28-. The zero-order chi connectivity index (χ0) is 27.2. The molecule has 0 radical (unpaired) electrons. The van der Waals surface area contributed by atoms with Crippen molar-refractivity contribution < 1.29 is 28.9 Å². The van der Waals surface area contributed by atoms with Gasteiger partial charge in [0.05, 0.1) is 13.2 Å². The molecule has 0 amide bonds. The maximum absolute atomic E-state index is 14.8. The van der Waals surface area contributed by atoms with Gasteiger partial charge >= 0.3 is 0 Å². The van der Waals surface area contributed by atoms with Gasteiger partial charge in [-0.3, -0.25) is 14.5 Å². The summed E-state index contributed by atoms with van der Waals surface area (Å²) in [5.41, 5.74) is 7.16. The van der Waals surface area contributed by atoms with Crippen LogP contribution in [-0.4, -0.2) is 66.1 Å². The van der Waals surface area contributed by atoms with E-state index in [1.165, 1.54) is 30.3 Å². The van der Waals surface area contributed by atoms with Gasteiger partial charge in [0.15, 0.2) is 11.6 Å². The summed E-state index contributed by atoms with van der Waals surface area (Å²) >= 11 is 0. The topological polar surface area (TPSA) is 113 Å². The molecular weight excluding hydrogens is 487 g/mol. The number of nitrogens with two attached hydrogens (primary N) is 1. The number of phenols is 2. The van der Waals surface area contributed by atoms with E-state index in [0.29, 0.717) is 61.6 Å². The Labute approximate surface area is 221 Å². The van der Waals surface area contributed by atoms with Crippen molar-refractivity contribution in [2.75, 3.05) is 39.4 Å².